The molecule has 1 aromatic carbocycles. The summed E-state index contributed by atoms with van der Waals surface area (Å²) in [5, 5.41) is 13.4. The molecule has 27 heavy (non-hydrogen) atoms. The van der Waals surface area contributed by atoms with Crippen LogP contribution >= 0.6 is 0 Å². The van der Waals surface area contributed by atoms with Crippen LogP contribution in [0.15, 0.2) is 54.9 Å². The van der Waals surface area contributed by atoms with Gasteiger partial charge >= 0.3 is 0 Å². The lowest BCUT2D eigenvalue weighted by Crippen LogP contribution is -2.32. The van der Waals surface area contributed by atoms with Gasteiger partial charge in [0.2, 0.25) is 0 Å². The topological polar surface area (TPSA) is 70.7 Å². The molecule has 3 aromatic rings. The lowest BCUT2D eigenvalue weighted by Gasteiger charge is -2.19. The van der Waals surface area contributed by atoms with Crippen molar-refractivity contribution in [3.63, 3.8) is 0 Å². The third-order valence-corrected chi connectivity index (χ3v) is 4.20. The Balaban J connectivity index is 1.75. The summed E-state index contributed by atoms with van der Waals surface area (Å²) in [6.45, 7) is 3.29. The van der Waals surface area contributed by atoms with E-state index in [1.807, 2.05) is 49.4 Å². The van der Waals surface area contributed by atoms with Gasteiger partial charge in [-0.2, -0.15) is 5.10 Å². The molecule has 3 rings (SSSR count). The molecular formula is C21H24N4O2. The Morgan fingerprint density at radius 3 is 2.85 bits per heavy atom. The number of carbonyl (C=O) groups is 1. The van der Waals surface area contributed by atoms with Crippen molar-refractivity contribution in [3.05, 3.63) is 71.7 Å². The number of hydrogen-bond acceptors (Lipinski definition) is 4. The lowest BCUT2D eigenvalue weighted by atomic mass is 10.2. The highest BCUT2D eigenvalue weighted by atomic mass is 16.3. The molecule has 0 atom stereocenters. The minimum atomic E-state index is -0.108. The highest BCUT2D eigenvalue weighted by molar-refractivity contribution is 5.93. The van der Waals surface area contributed by atoms with Crippen LogP contribution in [-0.2, 0) is 6.42 Å². The zero-order valence-electron chi connectivity index (χ0n) is 15.5. The Kier molecular flexibility index (Phi) is 6.33. The highest BCUT2D eigenvalue weighted by Crippen LogP contribution is 2.10. The summed E-state index contributed by atoms with van der Waals surface area (Å²) in [6, 6.07) is 11.7. The summed E-state index contributed by atoms with van der Waals surface area (Å²) >= 11 is 0. The molecule has 6 heteroatoms. The Hall–Kier alpha value is -2.99. The van der Waals surface area contributed by atoms with Crippen molar-refractivity contribution in [1.82, 2.24) is 19.5 Å². The molecule has 0 saturated heterocycles. The summed E-state index contributed by atoms with van der Waals surface area (Å²) < 4.78 is 1.60. The normalized spacial score (nSPS) is 11.3. The number of aliphatic hydroxyl groups excluding tert-OH is 1. The van der Waals surface area contributed by atoms with Crippen LogP contribution in [-0.4, -0.2) is 50.2 Å². The second kappa shape index (κ2) is 9.09. The Morgan fingerprint density at radius 2 is 2.11 bits per heavy atom. The van der Waals surface area contributed by atoms with Crippen LogP contribution in [0.1, 0.15) is 35.0 Å². The second-order valence-electron chi connectivity index (χ2n) is 6.33. The van der Waals surface area contributed by atoms with E-state index in [1.165, 1.54) is 0 Å². The van der Waals surface area contributed by atoms with E-state index in [0.29, 0.717) is 30.9 Å². The quantitative estimate of drug-likeness (QED) is 0.667. The first-order valence-electron chi connectivity index (χ1n) is 9.17. The van der Waals surface area contributed by atoms with Crippen molar-refractivity contribution >= 4 is 17.6 Å². The molecule has 0 bridgehead atoms. The van der Waals surface area contributed by atoms with Crippen LogP contribution in [0.2, 0.25) is 0 Å². The number of fused-ring (bicyclic) bond motifs is 1. The van der Waals surface area contributed by atoms with Crippen LogP contribution in [0.25, 0.3) is 11.7 Å². The van der Waals surface area contributed by atoms with Gasteiger partial charge in [-0.15, -0.1) is 0 Å². The summed E-state index contributed by atoms with van der Waals surface area (Å²) in [6.07, 6.45) is 8.90. The van der Waals surface area contributed by atoms with E-state index < -0.39 is 0 Å². The molecule has 140 valence electrons. The predicted octanol–water partition coefficient (Wildman–Crippen LogP) is 2.83. The molecule has 6 nitrogen and oxygen atoms in total. The van der Waals surface area contributed by atoms with Gasteiger partial charge in [-0.1, -0.05) is 49.4 Å². The molecule has 0 saturated carbocycles. The molecule has 0 aliphatic carbocycles. The fraction of sp³-hybridized carbons (Fsp3) is 0.286. The average molecular weight is 364 g/mol. The van der Waals surface area contributed by atoms with Gasteiger partial charge in [0.1, 0.15) is 0 Å². The zero-order valence-corrected chi connectivity index (χ0v) is 15.5. The predicted molar refractivity (Wildman–Crippen MR) is 105 cm³/mol. The molecule has 2 heterocycles. The Morgan fingerprint density at radius 1 is 1.30 bits per heavy atom. The lowest BCUT2D eigenvalue weighted by molar-refractivity contribution is 0.0768. The summed E-state index contributed by atoms with van der Waals surface area (Å²) in [5.41, 5.74) is 2.99. The monoisotopic (exact) mass is 364 g/mol. The van der Waals surface area contributed by atoms with E-state index in [9.17, 15) is 4.79 Å². The summed E-state index contributed by atoms with van der Waals surface area (Å²) in [4.78, 5) is 19.0. The van der Waals surface area contributed by atoms with Crippen LogP contribution in [0.5, 0.6) is 0 Å². The van der Waals surface area contributed by atoms with Crippen molar-refractivity contribution in [2.75, 3.05) is 19.7 Å². The van der Waals surface area contributed by atoms with E-state index in [0.717, 1.165) is 17.5 Å². The van der Waals surface area contributed by atoms with E-state index >= 15 is 0 Å². The molecule has 0 fully saturated rings. The fourth-order valence-corrected chi connectivity index (χ4v) is 2.87. The maximum absolute atomic E-state index is 12.9. The van der Waals surface area contributed by atoms with Gasteiger partial charge in [-0.25, -0.2) is 9.50 Å². The van der Waals surface area contributed by atoms with E-state index in [4.69, 9.17) is 5.11 Å². The average Bonchev–Trinajstić information content (AvgIpc) is 3.11. The van der Waals surface area contributed by atoms with E-state index in [-0.39, 0.29) is 12.5 Å². The molecule has 2 aromatic heterocycles. The molecule has 1 amide bonds. The second-order valence-corrected chi connectivity index (χ2v) is 6.33. The van der Waals surface area contributed by atoms with Crippen LogP contribution in [0.4, 0.5) is 0 Å². The SMILES string of the molecule is CCCN(CC=Cc1ccccc1)C(=O)c1cc2ncc(CCO)cn2n1. The van der Waals surface area contributed by atoms with Crippen LogP contribution in [0, 0.1) is 0 Å². The molecule has 0 aliphatic rings. The molecule has 0 spiro atoms. The number of amides is 1. The number of nitrogens with zero attached hydrogens (tertiary/aromatic N) is 4. The number of aliphatic hydroxyl groups is 1. The molecule has 1 N–H and O–H groups in total. The van der Waals surface area contributed by atoms with Crippen molar-refractivity contribution in [1.29, 1.82) is 0 Å². The summed E-state index contributed by atoms with van der Waals surface area (Å²) in [7, 11) is 0. The van der Waals surface area contributed by atoms with Crippen molar-refractivity contribution in [2.45, 2.75) is 19.8 Å². The zero-order chi connectivity index (χ0) is 19.1. The fourth-order valence-electron chi connectivity index (χ4n) is 2.87. The van der Waals surface area contributed by atoms with Gasteiger partial charge in [0, 0.05) is 38.2 Å². The molecule has 0 radical (unpaired) electrons. The van der Waals surface area contributed by atoms with E-state index in [2.05, 4.69) is 10.1 Å². The number of benzene rings is 1. The van der Waals surface area contributed by atoms with Crippen molar-refractivity contribution in [2.24, 2.45) is 0 Å². The van der Waals surface area contributed by atoms with Gasteiger partial charge in [0.05, 0.1) is 0 Å². The van der Waals surface area contributed by atoms with Gasteiger partial charge in [0.15, 0.2) is 11.3 Å². The number of aromatic nitrogens is 3. The maximum atomic E-state index is 12.9. The van der Waals surface area contributed by atoms with Crippen LogP contribution < -0.4 is 0 Å². The first-order chi connectivity index (χ1) is 13.2. The number of rotatable bonds is 8. The van der Waals surface area contributed by atoms with Gasteiger partial charge in [-0.3, -0.25) is 4.79 Å². The minimum Gasteiger partial charge on any atom is -0.396 e. The van der Waals surface area contributed by atoms with Crippen molar-refractivity contribution in [3.8, 4) is 0 Å². The van der Waals surface area contributed by atoms with Crippen molar-refractivity contribution < 1.29 is 9.90 Å². The third kappa shape index (κ3) is 4.80. The third-order valence-electron chi connectivity index (χ3n) is 4.20. The molecular weight excluding hydrogens is 340 g/mol. The maximum Gasteiger partial charge on any atom is 0.274 e. The summed E-state index contributed by atoms with van der Waals surface area (Å²) in [5.74, 6) is -0.108. The Labute approximate surface area is 158 Å². The van der Waals surface area contributed by atoms with Gasteiger partial charge in [-0.05, 0) is 24.0 Å². The van der Waals surface area contributed by atoms with Crippen LogP contribution in [0.3, 0.4) is 0 Å². The first kappa shape index (κ1) is 18.8. The highest BCUT2D eigenvalue weighted by Gasteiger charge is 2.18. The Bertz CT molecular complexity index is 918. The largest absolute Gasteiger partial charge is 0.396 e. The van der Waals surface area contributed by atoms with Gasteiger partial charge < -0.3 is 10.0 Å². The number of carbonyl (C=O) groups excluding carboxylic acids is 1. The first-order valence-corrected chi connectivity index (χ1v) is 9.17. The number of hydrogen-bond donors (Lipinski definition) is 1. The van der Waals surface area contributed by atoms with Gasteiger partial charge in [0.25, 0.3) is 5.91 Å². The van der Waals surface area contributed by atoms with E-state index in [1.54, 1.807) is 27.9 Å². The smallest absolute Gasteiger partial charge is 0.274 e. The standard InChI is InChI=1S/C21H24N4O2/c1-2-11-24(12-6-9-17-7-4-3-5-8-17)21(27)19-14-20-22-15-18(10-13-26)16-25(20)23-19/h3-9,14-16,26H,2,10-13H2,1H3. The molecule has 0 aliphatic heterocycles. The minimum absolute atomic E-state index is 0.0538. The molecule has 0 unspecified atom stereocenters.